The summed E-state index contributed by atoms with van der Waals surface area (Å²) in [5.41, 5.74) is 12.6. The number of rotatable bonds is 8. The van der Waals surface area contributed by atoms with Gasteiger partial charge in [-0.1, -0.05) is 195 Å². The Bertz CT molecular complexity index is 3570. The zero-order valence-corrected chi connectivity index (χ0v) is 36.9. The Hall–Kier alpha value is -7.42. The number of hydrogen-bond acceptors (Lipinski definition) is 2. The van der Waals surface area contributed by atoms with E-state index in [1.807, 2.05) is 158 Å². The van der Waals surface area contributed by atoms with Crippen LogP contribution in [0.25, 0.3) is 88.3 Å². The van der Waals surface area contributed by atoms with E-state index >= 15 is 0 Å². The van der Waals surface area contributed by atoms with Crippen molar-refractivity contribution in [3.8, 4) is 55.6 Å². The van der Waals surface area contributed by atoms with E-state index in [0.717, 1.165) is 77.2 Å². The van der Waals surface area contributed by atoms with E-state index in [1.54, 1.807) is 4.90 Å². The normalized spacial score (nSPS) is 11.4. The van der Waals surface area contributed by atoms with E-state index in [1.165, 1.54) is 0 Å². The molecule has 0 aliphatic carbocycles. The summed E-state index contributed by atoms with van der Waals surface area (Å²) in [4.78, 5) is 1.76. The molecule has 1 heterocycles. The van der Waals surface area contributed by atoms with E-state index in [9.17, 15) is 0 Å². The standard InChI is InChI=1S/C58H31B8NO/c59-48-45(38-19-9-17-36(30-38)32-12-3-1-4-13-32)49(60)53(64)56(52(48)63)67(57-54(65)50(61)46(51(62)55(57)66)39-20-10-18-37(31-39)33-14-5-2-6-15-33)40-27-24-35(25-28-40)41-22-11-23-44-47(41)43-29-26-34-16-7-8-21-42(34)58(43)68-44/h1-31H. The van der Waals surface area contributed by atoms with Crippen molar-refractivity contribution in [2.75, 3.05) is 4.90 Å². The molecule has 2 nitrogen and oxygen atoms in total. The van der Waals surface area contributed by atoms with Crippen LogP contribution in [0.3, 0.4) is 0 Å². The molecule has 11 rings (SSSR count). The van der Waals surface area contributed by atoms with Crippen LogP contribution in [0.1, 0.15) is 0 Å². The molecule has 0 unspecified atom stereocenters. The van der Waals surface area contributed by atoms with Crippen molar-refractivity contribution in [2.24, 2.45) is 0 Å². The summed E-state index contributed by atoms with van der Waals surface area (Å²) >= 11 is 0. The molecule has 0 amide bonds. The zero-order chi connectivity index (χ0) is 46.8. The second-order valence-electron chi connectivity index (χ2n) is 17.0. The van der Waals surface area contributed by atoms with Gasteiger partial charge in [-0.25, -0.2) is 0 Å². The molecule has 0 aliphatic heterocycles. The number of fused-ring (bicyclic) bond motifs is 5. The van der Waals surface area contributed by atoms with Crippen LogP contribution in [0.4, 0.5) is 17.1 Å². The Balaban J connectivity index is 1.10. The Morgan fingerprint density at radius 2 is 0.779 bits per heavy atom. The van der Waals surface area contributed by atoms with Crippen molar-refractivity contribution in [1.82, 2.24) is 0 Å². The van der Waals surface area contributed by atoms with Gasteiger partial charge in [-0.15, -0.1) is 0 Å². The lowest BCUT2D eigenvalue weighted by molar-refractivity contribution is 0.673. The third-order valence-corrected chi connectivity index (χ3v) is 13.0. The average Bonchev–Trinajstić information content (AvgIpc) is 3.78. The van der Waals surface area contributed by atoms with Gasteiger partial charge in [0.05, 0.1) is 0 Å². The van der Waals surface area contributed by atoms with Crippen LogP contribution in [-0.4, -0.2) is 62.8 Å². The topological polar surface area (TPSA) is 16.4 Å². The van der Waals surface area contributed by atoms with Gasteiger partial charge in [-0.2, -0.15) is 0 Å². The van der Waals surface area contributed by atoms with Gasteiger partial charge in [0.1, 0.15) is 73.9 Å². The number of hydrogen-bond donors (Lipinski definition) is 0. The van der Waals surface area contributed by atoms with Gasteiger partial charge < -0.3 is 9.32 Å². The van der Waals surface area contributed by atoms with Crippen molar-refractivity contribution in [2.45, 2.75) is 0 Å². The molecule has 68 heavy (non-hydrogen) atoms. The average molecular weight is 844 g/mol. The van der Waals surface area contributed by atoms with Crippen LogP contribution in [0.5, 0.6) is 0 Å². The first-order valence-corrected chi connectivity index (χ1v) is 22.2. The first-order chi connectivity index (χ1) is 33.1. The summed E-state index contributed by atoms with van der Waals surface area (Å²) in [6.07, 6.45) is 0. The highest BCUT2D eigenvalue weighted by molar-refractivity contribution is 6.65. The van der Waals surface area contributed by atoms with Gasteiger partial charge in [-0.3, -0.25) is 0 Å². The van der Waals surface area contributed by atoms with Crippen molar-refractivity contribution in [1.29, 1.82) is 0 Å². The molecule has 10 heteroatoms. The molecule has 10 aromatic carbocycles. The molecule has 0 spiro atoms. The fraction of sp³-hybridized carbons (Fsp3) is 0. The summed E-state index contributed by atoms with van der Waals surface area (Å²) in [5.74, 6) is 0. The molecule has 0 saturated carbocycles. The Kier molecular flexibility index (Phi) is 11.0. The predicted molar refractivity (Wildman–Crippen MR) is 296 cm³/mol. The molecule has 16 radical (unpaired) electrons. The van der Waals surface area contributed by atoms with E-state index in [-0.39, 0.29) is 55.1 Å². The predicted octanol–water partition coefficient (Wildman–Crippen LogP) is 6.89. The summed E-state index contributed by atoms with van der Waals surface area (Å²) in [6.45, 7) is 0. The zero-order valence-electron chi connectivity index (χ0n) is 36.9. The third-order valence-electron chi connectivity index (χ3n) is 13.0. The molecule has 0 saturated heterocycles. The van der Waals surface area contributed by atoms with Crippen molar-refractivity contribution < 1.29 is 4.42 Å². The first kappa shape index (κ1) is 43.2. The van der Waals surface area contributed by atoms with Gasteiger partial charge >= 0.3 is 0 Å². The minimum Gasteiger partial charge on any atom is -0.455 e. The molecule has 0 fully saturated rings. The van der Waals surface area contributed by atoms with Crippen molar-refractivity contribution in [3.63, 3.8) is 0 Å². The van der Waals surface area contributed by atoms with Gasteiger partial charge in [0.15, 0.2) is 0 Å². The fourth-order valence-electron chi connectivity index (χ4n) is 9.66. The Morgan fingerprint density at radius 1 is 0.324 bits per heavy atom. The number of benzene rings is 10. The SMILES string of the molecule is [B]c1c([B])c(N(c2ccc(-c3cccc4oc5c6ccccc6ccc5c34)cc2)c2c([B])c([B])c(-c3cccc(-c4ccccc4)c3)c([B])c2[B])c([B])c([B])c1-c1cccc(-c2ccccc2)c1. The van der Waals surface area contributed by atoms with E-state index < -0.39 is 0 Å². The van der Waals surface area contributed by atoms with E-state index in [4.69, 9.17) is 67.2 Å². The molecular formula is C58H31B8NO. The molecular weight excluding hydrogens is 813 g/mol. The second-order valence-corrected chi connectivity index (χ2v) is 17.0. The maximum absolute atomic E-state index is 7.19. The van der Waals surface area contributed by atoms with Crippen LogP contribution in [0.15, 0.2) is 192 Å². The Labute approximate surface area is 407 Å². The van der Waals surface area contributed by atoms with Crippen molar-refractivity contribution in [3.05, 3.63) is 188 Å². The maximum atomic E-state index is 7.19. The van der Waals surface area contributed by atoms with Crippen LogP contribution in [0, 0.1) is 0 Å². The summed E-state index contributed by atoms with van der Waals surface area (Å²) < 4.78 is 6.53. The van der Waals surface area contributed by atoms with Gasteiger partial charge in [-0.05, 0) is 97.4 Å². The van der Waals surface area contributed by atoms with Gasteiger partial charge in [0, 0.05) is 33.2 Å². The van der Waals surface area contributed by atoms with Crippen LogP contribution < -0.4 is 48.6 Å². The second kappa shape index (κ2) is 17.3. The van der Waals surface area contributed by atoms with Gasteiger partial charge in [0.2, 0.25) is 0 Å². The summed E-state index contributed by atoms with van der Waals surface area (Å²) in [6, 6.07) is 62.4. The number of anilines is 3. The molecule has 298 valence electrons. The highest BCUT2D eigenvalue weighted by Crippen LogP contribution is 2.41. The monoisotopic (exact) mass is 845 g/mol. The first-order valence-electron chi connectivity index (χ1n) is 22.2. The molecule has 0 aliphatic rings. The van der Waals surface area contributed by atoms with E-state index in [2.05, 4.69) is 30.3 Å². The summed E-state index contributed by atoms with van der Waals surface area (Å²) in [5, 5.41) is 4.17. The summed E-state index contributed by atoms with van der Waals surface area (Å²) in [7, 11) is 57.1. The lowest BCUT2D eigenvalue weighted by Gasteiger charge is -2.37. The van der Waals surface area contributed by atoms with Crippen LogP contribution >= 0.6 is 0 Å². The number of furan rings is 1. The minimum atomic E-state index is 0.151. The quantitative estimate of drug-likeness (QED) is 0.155. The highest BCUT2D eigenvalue weighted by Gasteiger charge is 2.27. The lowest BCUT2D eigenvalue weighted by atomic mass is 9.63. The lowest BCUT2D eigenvalue weighted by Crippen LogP contribution is -2.50. The third kappa shape index (κ3) is 7.17. The van der Waals surface area contributed by atoms with Crippen LogP contribution in [0.2, 0.25) is 0 Å². The van der Waals surface area contributed by atoms with Crippen LogP contribution in [-0.2, 0) is 0 Å². The molecule has 11 aromatic rings. The van der Waals surface area contributed by atoms with Crippen molar-refractivity contribution >= 4 is 156 Å². The minimum absolute atomic E-state index is 0.151. The van der Waals surface area contributed by atoms with E-state index in [0.29, 0.717) is 16.8 Å². The molecule has 0 atom stereocenters. The van der Waals surface area contributed by atoms with Gasteiger partial charge in [0.25, 0.3) is 0 Å². The highest BCUT2D eigenvalue weighted by atomic mass is 16.3. The smallest absolute Gasteiger partial charge is 0.143 e. The number of nitrogens with zero attached hydrogens (tertiary/aromatic N) is 1. The molecule has 1 aromatic heterocycles. The Morgan fingerprint density at radius 3 is 1.31 bits per heavy atom. The molecule has 0 bridgehead atoms. The fourth-order valence-corrected chi connectivity index (χ4v) is 9.66. The maximum Gasteiger partial charge on any atom is 0.143 e. The molecule has 0 N–H and O–H groups in total. The largest absolute Gasteiger partial charge is 0.455 e.